The molecule has 0 aliphatic carbocycles. The van der Waals surface area contributed by atoms with Crippen LogP contribution in [0.25, 0.3) is 0 Å². The molecule has 2 aromatic carbocycles. The van der Waals surface area contributed by atoms with E-state index in [0.29, 0.717) is 0 Å². The van der Waals surface area contributed by atoms with Gasteiger partial charge < -0.3 is 15.7 Å². The number of aromatic hydroxyl groups is 1. The second-order valence-corrected chi connectivity index (χ2v) is 6.82. The number of phenolic OH excluding ortho intramolecular Hbond substituents is 1. The molecule has 0 radical (unpaired) electrons. The predicted octanol–water partition coefficient (Wildman–Crippen LogP) is 4.20. The van der Waals surface area contributed by atoms with Crippen molar-refractivity contribution < 1.29 is 9.90 Å². The van der Waals surface area contributed by atoms with Gasteiger partial charge in [0.1, 0.15) is 5.75 Å². The van der Waals surface area contributed by atoms with Crippen molar-refractivity contribution in [3.05, 3.63) is 95.8 Å². The summed E-state index contributed by atoms with van der Waals surface area (Å²) in [4.78, 5) is 17.0. The zero-order valence-corrected chi connectivity index (χ0v) is 15.9. The highest BCUT2D eigenvalue weighted by Crippen LogP contribution is 2.20. The summed E-state index contributed by atoms with van der Waals surface area (Å²) in [6, 6.07) is 22.1. The van der Waals surface area contributed by atoms with Crippen LogP contribution in [0.4, 0.5) is 4.79 Å². The highest BCUT2D eigenvalue weighted by Gasteiger charge is 2.18. The molecule has 144 valence electrons. The van der Waals surface area contributed by atoms with Crippen molar-refractivity contribution in [2.75, 3.05) is 0 Å². The van der Waals surface area contributed by atoms with Gasteiger partial charge in [-0.1, -0.05) is 48.5 Å². The number of aromatic nitrogens is 1. The number of rotatable bonds is 7. The summed E-state index contributed by atoms with van der Waals surface area (Å²) in [5.74, 6) is 0.260. The Kier molecular flexibility index (Phi) is 6.63. The summed E-state index contributed by atoms with van der Waals surface area (Å²) >= 11 is 0. The van der Waals surface area contributed by atoms with E-state index >= 15 is 0 Å². The number of nitrogens with one attached hydrogen (secondary N) is 2. The molecular formula is C23H25N3O2. The van der Waals surface area contributed by atoms with Gasteiger partial charge in [0.2, 0.25) is 0 Å². The molecule has 2 amide bonds. The van der Waals surface area contributed by atoms with Crippen molar-refractivity contribution in [2.45, 2.75) is 31.8 Å². The maximum atomic E-state index is 12.6. The molecule has 2 atom stereocenters. The normalized spacial score (nSPS) is 12.8. The van der Waals surface area contributed by atoms with Crippen molar-refractivity contribution >= 4 is 6.03 Å². The number of benzene rings is 2. The number of hydrogen-bond donors (Lipinski definition) is 3. The monoisotopic (exact) mass is 375 g/mol. The third-order valence-electron chi connectivity index (χ3n) is 4.57. The van der Waals surface area contributed by atoms with Crippen LogP contribution in [-0.2, 0) is 6.42 Å². The average Bonchev–Trinajstić information content (AvgIpc) is 2.73. The van der Waals surface area contributed by atoms with Gasteiger partial charge in [-0.15, -0.1) is 0 Å². The van der Waals surface area contributed by atoms with Gasteiger partial charge in [-0.2, -0.15) is 0 Å². The second kappa shape index (κ2) is 9.55. The van der Waals surface area contributed by atoms with E-state index in [2.05, 4.69) is 15.6 Å². The maximum Gasteiger partial charge on any atom is 0.315 e. The summed E-state index contributed by atoms with van der Waals surface area (Å²) in [6.45, 7) is 1.98. The summed E-state index contributed by atoms with van der Waals surface area (Å²) in [7, 11) is 0. The fraction of sp³-hybridized carbons (Fsp3) is 0.217. The molecule has 3 aromatic rings. The van der Waals surface area contributed by atoms with Gasteiger partial charge in [0.05, 0.1) is 11.7 Å². The first-order chi connectivity index (χ1) is 13.6. The average molecular weight is 375 g/mol. The molecule has 28 heavy (non-hydrogen) atoms. The predicted molar refractivity (Wildman–Crippen MR) is 110 cm³/mol. The van der Waals surface area contributed by atoms with Crippen molar-refractivity contribution in [1.82, 2.24) is 15.6 Å². The largest absolute Gasteiger partial charge is 0.508 e. The SMILES string of the molecule is CC(CCc1ccc(O)cc1)NC(=O)NC(c1ccccc1)c1ccccn1. The highest BCUT2D eigenvalue weighted by atomic mass is 16.3. The van der Waals surface area contributed by atoms with E-state index in [1.807, 2.05) is 67.6 Å². The standard InChI is InChI=1S/C23H25N3O2/c1-17(10-11-18-12-14-20(27)15-13-18)25-23(28)26-22(19-7-3-2-4-8-19)21-9-5-6-16-24-21/h2-9,12-17,22,27H,10-11H2,1H3,(H2,25,26,28). The molecule has 5 nitrogen and oxygen atoms in total. The smallest absolute Gasteiger partial charge is 0.315 e. The van der Waals surface area contributed by atoms with Gasteiger partial charge in [0, 0.05) is 12.2 Å². The zero-order chi connectivity index (χ0) is 19.8. The van der Waals surface area contributed by atoms with Crippen LogP contribution in [0, 0.1) is 0 Å². The van der Waals surface area contributed by atoms with Crippen LogP contribution in [0.2, 0.25) is 0 Å². The van der Waals surface area contributed by atoms with Crippen LogP contribution in [0.5, 0.6) is 5.75 Å². The van der Waals surface area contributed by atoms with Crippen LogP contribution in [0.15, 0.2) is 79.0 Å². The molecule has 5 heteroatoms. The minimum absolute atomic E-state index is 0.00830. The highest BCUT2D eigenvalue weighted by molar-refractivity contribution is 5.75. The Hall–Kier alpha value is -3.34. The van der Waals surface area contributed by atoms with E-state index in [1.54, 1.807) is 18.3 Å². The molecule has 0 saturated heterocycles. The van der Waals surface area contributed by atoms with E-state index in [1.165, 1.54) is 0 Å². The lowest BCUT2D eigenvalue weighted by Gasteiger charge is -2.21. The number of carbonyl (C=O) groups is 1. The minimum atomic E-state index is -0.313. The first-order valence-corrected chi connectivity index (χ1v) is 9.42. The topological polar surface area (TPSA) is 74.2 Å². The number of aryl methyl sites for hydroxylation is 1. The van der Waals surface area contributed by atoms with E-state index < -0.39 is 0 Å². The summed E-state index contributed by atoms with van der Waals surface area (Å²) in [6.07, 6.45) is 3.35. The first kappa shape index (κ1) is 19.4. The minimum Gasteiger partial charge on any atom is -0.508 e. The maximum absolute atomic E-state index is 12.6. The fourth-order valence-electron chi connectivity index (χ4n) is 3.03. The van der Waals surface area contributed by atoms with E-state index in [4.69, 9.17) is 0 Å². The number of urea groups is 1. The first-order valence-electron chi connectivity index (χ1n) is 9.42. The second-order valence-electron chi connectivity index (χ2n) is 6.82. The number of amides is 2. The van der Waals surface area contributed by atoms with E-state index in [9.17, 15) is 9.90 Å². The van der Waals surface area contributed by atoms with Gasteiger partial charge in [-0.25, -0.2) is 4.79 Å². The van der Waals surface area contributed by atoms with Gasteiger partial charge in [0.15, 0.2) is 0 Å². The summed E-state index contributed by atoms with van der Waals surface area (Å²) in [5.41, 5.74) is 2.90. The molecule has 0 aliphatic heterocycles. The molecule has 2 unspecified atom stereocenters. The molecule has 0 aliphatic rings. The third kappa shape index (κ3) is 5.58. The number of pyridine rings is 1. The van der Waals surface area contributed by atoms with Crippen molar-refractivity contribution in [3.63, 3.8) is 0 Å². The molecule has 1 heterocycles. The molecule has 3 rings (SSSR count). The summed E-state index contributed by atoms with van der Waals surface area (Å²) in [5, 5.41) is 15.4. The molecule has 0 saturated carbocycles. The van der Waals surface area contributed by atoms with E-state index in [-0.39, 0.29) is 23.9 Å². The van der Waals surface area contributed by atoms with Gasteiger partial charge in [-0.3, -0.25) is 4.98 Å². The number of nitrogens with zero attached hydrogens (tertiary/aromatic N) is 1. The van der Waals surface area contributed by atoms with Gasteiger partial charge in [0.25, 0.3) is 0 Å². The van der Waals surface area contributed by atoms with Crippen LogP contribution in [-0.4, -0.2) is 22.2 Å². The zero-order valence-electron chi connectivity index (χ0n) is 15.9. The molecule has 0 fully saturated rings. The number of hydrogen-bond acceptors (Lipinski definition) is 3. The lowest BCUT2D eigenvalue weighted by molar-refractivity contribution is 0.234. The van der Waals surface area contributed by atoms with E-state index in [0.717, 1.165) is 29.7 Å². The van der Waals surface area contributed by atoms with Gasteiger partial charge >= 0.3 is 6.03 Å². The van der Waals surface area contributed by atoms with Crippen molar-refractivity contribution in [2.24, 2.45) is 0 Å². The molecule has 1 aromatic heterocycles. The Balaban J connectivity index is 1.59. The third-order valence-corrected chi connectivity index (χ3v) is 4.57. The molecule has 0 bridgehead atoms. The van der Waals surface area contributed by atoms with Crippen molar-refractivity contribution in [1.29, 1.82) is 0 Å². The molecule has 0 spiro atoms. The molecule has 3 N–H and O–H groups in total. The van der Waals surface area contributed by atoms with Crippen LogP contribution in [0.1, 0.15) is 36.2 Å². The Bertz CT molecular complexity index is 828. The fourth-order valence-corrected chi connectivity index (χ4v) is 3.03. The Morgan fingerprint density at radius 1 is 0.964 bits per heavy atom. The molecular weight excluding hydrogens is 350 g/mol. The number of phenols is 1. The quantitative estimate of drug-likeness (QED) is 0.579. The van der Waals surface area contributed by atoms with Crippen molar-refractivity contribution in [3.8, 4) is 5.75 Å². The Morgan fingerprint density at radius 2 is 1.68 bits per heavy atom. The van der Waals surface area contributed by atoms with Crippen LogP contribution in [0.3, 0.4) is 0 Å². The lowest BCUT2D eigenvalue weighted by atomic mass is 10.0. The lowest BCUT2D eigenvalue weighted by Crippen LogP contribution is -2.43. The van der Waals surface area contributed by atoms with Crippen LogP contribution >= 0.6 is 0 Å². The summed E-state index contributed by atoms with van der Waals surface area (Å²) < 4.78 is 0. The van der Waals surface area contributed by atoms with Gasteiger partial charge in [-0.05, 0) is 55.2 Å². The Labute approximate surface area is 165 Å². The number of carbonyl (C=O) groups excluding carboxylic acids is 1. The van der Waals surface area contributed by atoms with Crippen LogP contribution < -0.4 is 10.6 Å². The Morgan fingerprint density at radius 3 is 2.36 bits per heavy atom.